The van der Waals surface area contributed by atoms with Crippen molar-refractivity contribution in [3.8, 4) is 0 Å². The van der Waals surface area contributed by atoms with Gasteiger partial charge in [0.1, 0.15) is 23.0 Å². The third kappa shape index (κ3) is 2.33. The van der Waals surface area contributed by atoms with Crippen LogP contribution in [0.3, 0.4) is 0 Å². The highest BCUT2D eigenvalue weighted by Crippen LogP contribution is 2.18. The first-order valence-corrected chi connectivity index (χ1v) is 5.63. The zero-order chi connectivity index (χ0) is 13.3. The van der Waals surface area contributed by atoms with Gasteiger partial charge in [0, 0.05) is 31.8 Å². The van der Waals surface area contributed by atoms with Crippen molar-refractivity contribution >= 4 is 5.91 Å². The summed E-state index contributed by atoms with van der Waals surface area (Å²) in [7, 11) is 1.49. The second-order valence-electron chi connectivity index (χ2n) is 4.31. The second-order valence-corrected chi connectivity index (χ2v) is 4.31. The van der Waals surface area contributed by atoms with Gasteiger partial charge in [0.15, 0.2) is 0 Å². The van der Waals surface area contributed by atoms with Crippen LogP contribution >= 0.6 is 0 Å². The van der Waals surface area contributed by atoms with Gasteiger partial charge in [-0.25, -0.2) is 13.2 Å². The number of halogens is 3. The molecule has 0 radical (unpaired) electrons. The van der Waals surface area contributed by atoms with Crippen molar-refractivity contribution in [1.82, 2.24) is 10.2 Å². The zero-order valence-electron chi connectivity index (χ0n) is 9.84. The van der Waals surface area contributed by atoms with E-state index in [0.29, 0.717) is 18.7 Å². The molecular weight excluding hydrogens is 245 g/mol. The van der Waals surface area contributed by atoms with E-state index in [9.17, 15) is 18.0 Å². The average Bonchev–Trinajstić information content (AvgIpc) is 2.79. The van der Waals surface area contributed by atoms with Crippen LogP contribution in [0.1, 0.15) is 16.8 Å². The number of nitrogens with zero attached hydrogens (tertiary/aromatic N) is 1. The Kier molecular flexibility index (Phi) is 3.56. The minimum absolute atomic E-state index is 0.0960. The Morgan fingerprint density at radius 1 is 1.33 bits per heavy atom. The smallest absolute Gasteiger partial charge is 0.259 e. The maximum Gasteiger partial charge on any atom is 0.259 e. The number of carbonyl (C=O) groups excluding carboxylic acids is 1. The van der Waals surface area contributed by atoms with Gasteiger partial charge in [-0.3, -0.25) is 4.79 Å². The molecule has 3 nitrogen and oxygen atoms in total. The molecule has 0 saturated carbocycles. The molecule has 0 aliphatic carbocycles. The van der Waals surface area contributed by atoms with Crippen LogP contribution in [0.2, 0.25) is 0 Å². The minimum atomic E-state index is -1.17. The predicted octanol–water partition coefficient (Wildman–Crippen LogP) is 1.54. The van der Waals surface area contributed by atoms with Crippen molar-refractivity contribution in [2.75, 3.05) is 20.1 Å². The van der Waals surface area contributed by atoms with Gasteiger partial charge in [0.25, 0.3) is 5.91 Å². The first-order valence-electron chi connectivity index (χ1n) is 5.63. The van der Waals surface area contributed by atoms with Crippen LogP contribution in [0.4, 0.5) is 13.2 Å². The van der Waals surface area contributed by atoms with Gasteiger partial charge in [0.05, 0.1) is 0 Å². The maximum atomic E-state index is 13.5. The van der Waals surface area contributed by atoms with E-state index in [0.717, 1.165) is 13.0 Å². The first kappa shape index (κ1) is 12.9. The Hall–Kier alpha value is -1.56. The van der Waals surface area contributed by atoms with E-state index >= 15 is 0 Å². The highest BCUT2D eigenvalue weighted by Gasteiger charge is 2.28. The summed E-state index contributed by atoms with van der Waals surface area (Å²) in [5.74, 6) is -4.14. The molecule has 18 heavy (non-hydrogen) atoms. The molecule has 1 saturated heterocycles. The quantitative estimate of drug-likeness (QED) is 0.872. The van der Waals surface area contributed by atoms with Crippen molar-refractivity contribution in [2.45, 2.75) is 12.5 Å². The number of nitrogens with one attached hydrogen (secondary N) is 1. The van der Waals surface area contributed by atoms with E-state index in [-0.39, 0.29) is 6.04 Å². The van der Waals surface area contributed by atoms with E-state index in [1.807, 2.05) is 0 Å². The van der Waals surface area contributed by atoms with Crippen LogP contribution in [0.5, 0.6) is 0 Å². The average molecular weight is 258 g/mol. The molecule has 6 heteroatoms. The zero-order valence-corrected chi connectivity index (χ0v) is 9.84. The maximum absolute atomic E-state index is 13.5. The summed E-state index contributed by atoms with van der Waals surface area (Å²) in [5.41, 5.74) is -0.703. The number of rotatable bonds is 2. The number of likely N-dealkylation sites (N-methyl/N-ethyl adjacent to an activating group) is 1. The Bertz CT molecular complexity index is 449. The molecule has 1 fully saturated rings. The monoisotopic (exact) mass is 258 g/mol. The molecule has 1 aromatic rings. The molecule has 0 bridgehead atoms. The van der Waals surface area contributed by atoms with Crippen molar-refractivity contribution in [2.24, 2.45) is 0 Å². The third-order valence-electron chi connectivity index (χ3n) is 3.12. The molecule has 1 amide bonds. The van der Waals surface area contributed by atoms with Crippen LogP contribution in [-0.4, -0.2) is 37.0 Å². The standard InChI is InChI=1S/C12H13F3N2O/c1-17(8-2-3-16-6-8)12(18)11-9(14)4-7(13)5-10(11)15/h4-5,8,16H,2-3,6H2,1H3. The van der Waals surface area contributed by atoms with Gasteiger partial charge in [-0.05, 0) is 13.0 Å². The highest BCUT2D eigenvalue weighted by atomic mass is 19.1. The van der Waals surface area contributed by atoms with E-state index in [4.69, 9.17) is 0 Å². The Balaban J connectivity index is 2.28. The molecule has 1 N–H and O–H groups in total. The van der Waals surface area contributed by atoms with E-state index in [1.165, 1.54) is 11.9 Å². The summed E-state index contributed by atoms with van der Waals surface area (Å²) in [6.07, 6.45) is 0.729. The lowest BCUT2D eigenvalue weighted by Crippen LogP contribution is -2.39. The Labute approximate surface area is 103 Å². The topological polar surface area (TPSA) is 32.3 Å². The van der Waals surface area contributed by atoms with Crippen LogP contribution < -0.4 is 5.32 Å². The Morgan fingerprint density at radius 2 is 1.94 bits per heavy atom. The fourth-order valence-electron chi connectivity index (χ4n) is 2.06. The van der Waals surface area contributed by atoms with Crippen molar-refractivity contribution in [3.63, 3.8) is 0 Å². The van der Waals surface area contributed by atoms with Gasteiger partial charge in [-0.1, -0.05) is 0 Å². The molecule has 1 heterocycles. The fraction of sp³-hybridized carbons (Fsp3) is 0.417. The van der Waals surface area contributed by atoms with Crippen LogP contribution in [0, 0.1) is 17.5 Å². The Morgan fingerprint density at radius 3 is 2.44 bits per heavy atom. The number of benzene rings is 1. The number of amides is 1. The molecule has 1 aliphatic rings. The van der Waals surface area contributed by atoms with Crippen LogP contribution in [0.15, 0.2) is 12.1 Å². The molecule has 98 valence electrons. The number of hydrogen-bond donors (Lipinski definition) is 1. The van der Waals surface area contributed by atoms with E-state index in [2.05, 4.69) is 5.32 Å². The summed E-state index contributed by atoms with van der Waals surface area (Å²) in [5, 5.41) is 3.06. The lowest BCUT2D eigenvalue weighted by atomic mass is 10.1. The van der Waals surface area contributed by atoms with Gasteiger partial charge < -0.3 is 10.2 Å². The third-order valence-corrected chi connectivity index (χ3v) is 3.12. The molecular formula is C12H13F3N2O. The molecule has 1 unspecified atom stereocenters. The lowest BCUT2D eigenvalue weighted by molar-refractivity contribution is 0.0733. The van der Waals surface area contributed by atoms with Crippen LogP contribution in [0.25, 0.3) is 0 Å². The summed E-state index contributed by atoms with van der Waals surface area (Å²) in [4.78, 5) is 13.3. The summed E-state index contributed by atoms with van der Waals surface area (Å²) in [6.45, 7) is 1.35. The van der Waals surface area contributed by atoms with Gasteiger partial charge >= 0.3 is 0 Å². The SMILES string of the molecule is CN(C(=O)c1c(F)cc(F)cc1F)C1CCNC1. The second kappa shape index (κ2) is 4.97. The predicted molar refractivity (Wildman–Crippen MR) is 59.7 cm³/mol. The molecule has 1 aliphatic heterocycles. The lowest BCUT2D eigenvalue weighted by Gasteiger charge is -2.24. The molecule has 2 rings (SSSR count). The molecule has 1 atom stereocenters. The van der Waals surface area contributed by atoms with Crippen molar-refractivity contribution in [1.29, 1.82) is 0 Å². The minimum Gasteiger partial charge on any atom is -0.337 e. The first-order chi connectivity index (χ1) is 8.50. The summed E-state index contributed by atoms with van der Waals surface area (Å²) >= 11 is 0. The molecule has 0 spiro atoms. The molecule has 1 aromatic carbocycles. The summed E-state index contributed by atoms with van der Waals surface area (Å²) in [6, 6.07) is 0.926. The van der Waals surface area contributed by atoms with Crippen LogP contribution in [-0.2, 0) is 0 Å². The number of carbonyl (C=O) groups is 1. The largest absolute Gasteiger partial charge is 0.337 e. The number of hydrogen-bond acceptors (Lipinski definition) is 2. The highest BCUT2D eigenvalue weighted by molar-refractivity contribution is 5.94. The van der Waals surface area contributed by atoms with E-state index < -0.39 is 28.9 Å². The van der Waals surface area contributed by atoms with Gasteiger partial charge in [0.2, 0.25) is 0 Å². The summed E-state index contributed by atoms with van der Waals surface area (Å²) < 4.78 is 39.7. The van der Waals surface area contributed by atoms with Crippen molar-refractivity contribution < 1.29 is 18.0 Å². The molecule has 0 aromatic heterocycles. The normalized spacial score (nSPS) is 19.0. The van der Waals surface area contributed by atoms with Gasteiger partial charge in [-0.2, -0.15) is 0 Å². The fourth-order valence-corrected chi connectivity index (χ4v) is 2.06. The van der Waals surface area contributed by atoms with Crippen molar-refractivity contribution in [3.05, 3.63) is 35.1 Å². The van der Waals surface area contributed by atoms with Gasteiger partial charge in [-0.15, -0.1) is 0 Å². The van der Waals surface area contributed by atoms with E-state index in [1.54, 1.807) is 0 Å².